The minimum atomic E-state index is -0.324. The van der Waals surface area contributed by atoms with Gasteiger partial charge in [-0.1, -0.05) is 13.3 Å². The van der Waals surface area contributed by atoms with Crippen LogP contribution in [0.4, 0.5) is 5.69 Å². The molecule has 0 saturated heterocycles. The van der Waals surface area contributed by atoms with Crippen molar-refractivity contribution in [3.05, 3.63) is 53.5 Å². The molecule has 140 valence electrons. The highest BCUT2D eigenvalue weighted by molar-refractivity contribution is 5.90. The predicted octanol–water partition coefficient (Wildman–Crippen LogP) is 3.62. The number of carbonyl (C=O) groups excluding carboxylic acids is 2. The van der Waals surface area contributed by atoms with E-state index in [1.54, 1.807) is 36.2 Å². The molecule has 0 atom stereocenters. The highest BCUT2D eigenvalue weighted by atomic mass is 16.5. The van der Waals surface area contributed by atoms with Gasteiger partial charge in [0.2, 0.25) is 5.91 Å². The number of benzene rings is 1. The number of rotatable bonds is 9. The van der Waals surface area contributed by atoms with E-state index in [9.17, 15) is 9.59 Å². The Hall–Kier alpha value is -2.76. The summed E-state index contributed by atoms with van der Waals surface area (Å²) in [4.78, 5) is 25.6. The van der Waals surface area contributed by atoms with Crippen LogP contribution < -0.4 is 5.32 Å². The molecule has 0 bridgehead atoms. The number of nitrogens with one attached hydrogen (secondary N) is 1. The molecule has 0 radical (unpaired) electrons. The first-order valence-electron chi connectivity index (χ1n) is 8.80. The van der Waals surface area contributed by atoms with Gasteiger partial charge in [0, 0.05) is 12.7 Å². The third-order valence-corrected chi connectivity index (χ3v) is 3.91. The highest BCUT2D eigenvalue weighted by Crippen LogP contribution is 2.12. The van der Waals surface area contributed by atoms with Gasteiger partial charge in [0.1, 0.15) is 11.5 Å². The van der Waals surface area contributed by atoms with E-state index in [1.807, 2.05) is 26.0 Å². The summed E-state index contributed by atoms with van der Waals surface area (Å²) in [6.45, 7) is 4.94. The number of carbonyl (C=O) groups is 2. The van der Waals surface area contributed by atoms with Crippen LogP contribution in [-0.2, 0) is 16.1 Å². The van der Waals surface area contributed by atoms with Crippen LogP contribution in [0.15, 0.2) is 40.8 Å². The van der Waals surface area contributed by atoms with Gasteiger partial charge < -0.3 is 19.4 Å². The van der Waals surface area contributed by atoms with Crippen molar-refractivity contribution < 1.29 is 18.7 Å². The number of furan rings is 1. The van der Waals surface area contributed by atoms with Crippen LogP contribution in [0.2, 0.25) is 0 Å². The summed E-state index contributed by atoms with van der Waals surface area (Å²) in [6, 6.07) is 10.7. The Kier molecular flexibility index (Phi) is 7.26. The number of likely N-dealkylation sites (N-methyl/N-ethyl adjacent to an activating group) is 1. The maximum absolute atomic E-state index is 12.2. The lowest BCUT2D eigenvalue weighted by molar-refractivity contribution is -0.128. The lowest BCUT2D eigenvalue weighted by Gasteiger charge is -2.16. The number of unbranched alkanes of at least 4 members (excludes halogenated alkanes) is 1. The summed E-state index contributed by atoms with van der Waals surface area (Å²) in [5, 5.41) is 3.06. The molecular weight excluding hydrogens is 332 g/mol. The maximum atomic E-state index is 12.2. The van der Waals surface area contributed by atoms with Gasteiger partial charge >= 0.3 is 5.97 Å². The molecule has 2 aromatic rings. The fraction of sp³-hybridized carbons (Fsp3) is 0.400. The number of hydrogen-bond acceptors (Lipinski definition) is 5. The molecule has 0 aliphatic rings. The second-order valence-electron chi connectivity index (χ2n) is 6.18. The molecule has 1 heterocycles. The van der Waals surface area contributed by atoms with Gasteiger partial charge in [-0.15, -0.1) is 0 Å². The zero-order valence-corrected chi connectivity index (χ0v) is 15.6. The summed E-state index contributed by atoms with van der Waals surface area (Å²) in [5.41, 5.74) is 1.27. The van der Waals surface area contributed by atoms with E-state index < -0.39 is 0 Å². The quantitative estimate of drug-likeness (QED) is 0.548. The fourth-order valence-corrected chi connectivity index (χ4v) is 2.32. The number of anilines is 1. The smallest absolute Gasteiger partial charge is 0.338 e. The summed E-state index contributed by atoms with van der Waals surface area (Å²) >= 11 is 0. The Morgan fingerprint density at radius 2 is 1.88 bits per heavy atom. The number of hydrogen-bond donors (Lipinski definition) is 1. The summed E-state index contributed by atoms with van der Waals surface area (Å²) in [7, 11) is 1.73. The molecule has 0 saturated carbocycles. The molecule has 1 N–H and O–H groups in total. The van der Waals surface area contributed by atoms with Crippen LogP contribution in [-0.4, -0.2) is 37.0 Å². The summed E-state index contributed by atoms with van der Waals surface area (Å²) < 4.78 is 10.6. The number of amides is 1. The Labute approximate surface area is 154 Å². The lowest BCUT2D eigenvalue weighted by Crippen LogP contribution is -2.31. The Morgan fingerprint density at radius 1 is 1.15 bits per heavy atom. The predicted molar refractivity (Wildman–Crippen MR) is 100 cm³/mol. The van der Waals surface area contributed by atoms with E-state index >= 15 is 0 Å². The van der Waals surface area contributed by atoms with Crippen LogP contribution >= 0.6 is 0 Å². The number of nitrogens with zero attached hydrogens (tertiary/aromatic N) is 1. The first-order valence-corrected chi connectivity index (χ1v) is 8.80. The molecule has 6 heteroatoms. The topological polar surface area (TPSA) is 71.8 Å². The second kappa shape index (κ2) is 9.65. The summed E-state index contributed by atoms with van der Waals surface area (Å²) in [5.74, 6) is 1.20. The van der Waals surface area contributed by atoms with Gasteiger partial charge in [-0.3, -0.25) is 4.79 Å². The molecule has 2 rings (SSSR count). The average molecular weight is 358 g/mol. The van der Waals surface area contributed by atoms with Crippen LogP contribution in [0.3, 0.4) is 0 Å². The van der Waals surface area contributed by atoms with Crippen LogP contribution in [0.5, 0.6) is 0 Å². The van der Waals surface area contributed by atoms with E-state index in [0.29, 0.717) is 18.7 Å². The molecule has 1 aromatic heterocycles. The van der Waals surface area contributed by atoms with Gasteiger partial charge in [-0.05, 0) is 49.7 Å². The standard InChI is InChI=1S/C20H26N2O4/c1-4-5-12-25-20(24)16-7-9-17(10-8-16)21-13-19(23)22(3)14-18-11-6-15(2)26-18/h6-11,21H,4-5,12-14H2,1-3H3. The normalized spacial score (nSPS) is 10.4. The molecule has 0 aliphatic heterocycles. The molecule has 0 aliphatic carbocycles. The van der Waals surface area contributed by atoms with E-state index in [4.69, 9.17) is 9.15 Å². The van der Waals surface area contributed by atoms with Crippen LogP contribution in [0, 0.1) is 6.92 Å². The average Bonchev–Trinajstić information content (AvgIpc) is 3.04. The number of ether oxygens (including phenoxy) is 1. The largest absolute Gasteiger partial charge is 0.464 e. The molecule has 1 amide bonds. The maximum Gasteiger partial charge on any atom is 0.338 e. The molecule has 0 spiro atoms. The Balaban J connectivity index is 1.79. The summed E-state index contributed by atoms with van der Waals surface area (Å²) in [6.07, 6.45) is 1.84. The molecule has 0 fully saturated rings. The van der Waals surface area contributed by atoms with Crippen molar-refractivity contribution in [3.8, 4) is 0 Å². The van der Waals surface area contributed by atoms with Gasteiger partial charge in [-0.2, -0.15) is 0 Å². The van der Waals surface area contributed by atoms with E-state index in [-0.39, 0.29) is 18.4 Å². The SMILES string of the molecule is CCCCOC(=O)c1ccc(NCC(=O)N(C)Cc2ccc(C)o2)cc1. The Morgan fingerprint density at radius 3 is 2.50 bits per heavy atom. The van der Waals surface area contributed by atoms with E-state index in [0.717, 1.165) is 30.0 Å². The van der Waals surface area contributed by atoms with Crippen molar-refractivity contribution in [1.82, 2.24) is 4.90 Å². The van der Waals surface area contributed by atoms with Crippen LogP contribution in [0.1, 0.15) is 41.6 Å². The van der Waals surface area contributed by atoms with E-state index in [1.165, 1.54) is 0 Å². The first-order chi connectivity index (χ1) is 12.5. The highest BCUT2D eigenvalue weighted by Gasteiger charge is 2.11. The van der Waals surface area contributed by atoms with Gasteiger partial charge in [-0.25, -0.2) is 4.79 Å². The lowest BCUT2D eigenvalue weighted by atomic mass is 10.2. The molecule has 6 nitrogen and oxygen atoms in total. The molecule has 0 unspecified atom stereocenters. The molecule has 1 aromatic carbocycles. The third kappa shape index (κ3) is 5.95. The minimum Gasteiger partial charge on any atom is -0.464 e. The van der Waals surface area contributed by atoms with Crippen LogP contribution in [0.25, 0.3) is 0 Å². The zero-order valence-electron chi connectivity index (χ0n) is 15.6. The fourth-order valence-electron chi connectivity index (χ4n) is 2.32. The van der Waals surface area contributed by atoms with Gasteiger partial charge in [0.05, 0.1) is 25.3 Å². The minimum absolute atomic E-state index is 0.0536. The van der Waals surface area contributed by atoms with Crippen molar-refractivity contribution in [2.75, 3.05) is 25.5 Å². The second-order valence-corrected chi connectivity index (χ2v) is 6.18. The van der Waals surface area contributed by atoms with Gasteiger partial charge in [0.25, 0.3) is 0 Å². The van der Waals surface area contributed by atoms with E-state index in [2.05, 4.69) is 5.32 Å². The van der Waals surface area contributed by atoms with Crippen molar-refractivity contribution in [2.45, 2.75) is 33.2 Å². The molecule has 26 heavy (non-hydrogen) atoms. The molecular formula is C20H26N2O4. The third-order valence-electron chi connectivity index (χ3n) is 3.91. The Bertz CT molecular complexity index is 722. The zero-order chi connectivity index (χ0) is 18.9. The van der Waals surface area contributed by atoms with Crippen molar-refractivity contribution in [3.63, 3.8) is 0 Å². The van der Waals surface area contributed by atoms with Crippen molar-refractivity contribution in [1.29, 1.82) is 0 Å². The number of aryl methyl sites for hydroxylation is 1. The monoisotopic (exact) mass is 358 g/mol. The van der Waals surface area contributed by atoms with Gasteiger partial charge in [0.15, 0.2) is 0 Å². The first kappa shape index (κ1) is 19.6. The number of esters is 1. The van der Waals surface area contributed by atoms with Crippen molar-refractivity contribution >= 4 is 17.6 Å². The van der Waals surface area contributed by atoms with Crippen molar-refractivity contribution in [2.24, 2.45) is 0 Å².